The van der Waals surface area contributed by atoms with Crippen LogP contribution in [0.15, 0.2) is 39.3 Å². The van der Waals surface area contributed by atoms with Gasteiger partial charge < -0.3 is 4.98 Å². The molecule has 0 aliphatic carbocycles. The van der Waals surface area contributed by atoms with E-state index >= 15 is 0 Å². The van der Waals surface area contributed by atoms with Gasteiger partial charge in [-0.1, -0.05) is 24.6 Å². The Morgan fingerprint density at radius 1 is 1.19 bits per heavy atom. The molecule has 0 saturated heterocycles. The van der Waals surface area contributed by atoms with Gasteiger partial charge >= 0.3 is 0 Å². The van der Waals surface area contributed by atoms with Crippen molar-refractivity contribution in [2.75, 3.05) is 0 Å². The summed E-state index contributed by atoms with van der Waals surface area (Å²) in [7, 11) is 0. The molecule has 0 amide bonds. The van der Waals surface area contributed by atoms with Crippen LogP contribution >= 0.6 is 0 Å². The molecular formula is C16H16N4O. The van der Waals surface area contributed by atoms with Gasteiger partial charge in [-0.25, -0.2) is 0 Å². The lowest BCUT2D eigenvalue weighted by Gasteiger charge is -2.06. The predicted octanol–water partition coefficient (Wildman–Crippen LogP) is 3.84. The highest BCUT2D eigenvalue weighted by Crippen LogP contribution is 2.22. The van der Waals surface area contributed by atoms with E-state index in [1.807, 2.05) is 38.1 Å². The van der Waals surface area contributed by atoms with Crippen molar-refractivity contribution in [1.82, 2.24) is 4.98 Å². The van der Waals surface area contributed by atoms with Crippen molar-refractivity contribution in [3.8, 4) is 6.07 Å². The largest absolute Gasteiger partial charge is 0.323 e. The predicted molar refractivity (Wildman–Crippen MR) is 81.2 cm³/mol. The molecule has 0 unspecified atom stereocenters. The first kappa shape index (κ1) is 14.7. The quantitative estimate of drug-likeness (QED) is 0.866. The molecule has 2 rings (SSSR count). The number of aryl methyl sites for hydroxylation is 2. The van der Waals surface area contributed by atoms with Gasteiger partial charge in [0, 0.05) is 11.3 Å². The number of hydrogen-bond acceptors (Lipinski definition) is 4. The van der Waals surface area contributed by atoms with Crippen molar-refractivity contribution >= 4 is 11.4 Å². The lowest BCUT2D eigenvalue weighted by Crippen LogP contribution is -2.12. The maximum Gasteiger partial charge on any atom is 0.276 e. The molecule has 0 saturated carbocycles. The third-order valence-corrected chi connectivity index (χ3v) is 3.28. The van der Waals surface area contributed by atoms with Gasteiger partial charge in [0.25, 0.3) is 5.56 Å². The van der Waals surface area contributed by atoms with Crippen LogP contribution in [0.3, 0.4) is 0 Å². The summed E-state index contributed by atoms with van der Waals surface area (Å²) in [5.74, 6) is 0. The first-order chi connectivity index (χ1) is 10.1. The molecule has 0 atom stereocenters. The maximum absolute atomic E-state index is 12.0. The Morgan fingerprint density at radius 2 is 1.86 bits per heavy atom. The summed E-state index contributed by atoms with van der Waals surface area (Å²) >= 11 is 0. The third kappa shape index (κ3) is 3.06. The number of benzene rings is 1. The molecule has 106 valence electrons. The van der Waals surface area contributed by atoms with Gasteiger partial charge in [-0.05, 0) is 32.4 Å². The molecule has 1 aromatic carbocycles. The number of nitriles is 1. The van der Waals surface area contributed by atoms with Crippen LogP contribution in [0.4, 0.5) is 11.4 Å². The van der Waals surface area contributed by atoms with E-state index in [9.17, 15) is 10.1 Å². The van der Waals surface area contributed by atoms with Crippen LogP contribution in [0.5, 0.6) is 0 Å². The minimum Gasteiger partial charge on any atom is -0.323 e. The number of nitrogens with one attached hydrogen (secondary N) is 1. The van der Waals surface area contributed by atoms with Gasteiger partial charge in [0.15, 0.2) is 5.69 Å². The standard InChI is InChI=1S/C16H16N4O/c1-4-14-13(9-17)11(3)15(16(21)18-14)20-19-12-7-5-10(2)6-8-12/h5-8H,4H2,1-3H3,(H,18,21). The first-order valence-electron chi connectivity index (χ1n) is 6.71. The normalized spacial score (nSPS) is 10.8. The summed E-state index contributed by atoms with van der Waals surface area (Å²) in [5, 5.41) is 17.3. The van der Waals surface area contributed by atoms with Crippen LogP contribution in [-0.2, 0) is 6.42 Å². The summed E-state index contributed by atoms with van der Waals surface area (Å²) in [5.41, 5.74) is 3.32. The number of aromatic amines is 1. The van der Waals surface area contributed by atoms with Gasteiger partial charge in [0.1, 0.15) is 6.07 Å². The zero-order valence-electron chi connectivity index (χ0n) is 12.3. The van der Waals surface area contributed by atoms with E-state index in [0.717, 1.165) is 5.56 Å². The molecule has 5 nitrogen and oxygen atoms in total. The second-order valence-corrected chi connectivity index (χ2v) is 4.78. The summed E-state index contributed by atoms with van der Waals surface area (Å²) in [4.78, 5) is 14.7. The van der Waals surface area contributed by atoms with Gasteiger partial charge in [0.05, 0.1) is 11.3 Å². The van der Waals surface area contributed by atoms with Crippen LogP contribution in [-0.4, -0.2) is 4.98 Å². The van der Waals surface area contributed by atoms with Crippen molar-refractivity contribution in [1.29, 1.82) is 5.26 Å². The highest BCUT2D eigenvalue weighted by atomic mass is 16.1. The van der Waals surface area contributed by atoms with Crippen molar-refractivity contribution in [2.45, 2.75) is 27.2 Å². The molecule has 5 heteroatoms. The van der Waals surface area contributed by atoms with Crippen molar-refractivity contribution in [3.05, 3.63) is 57.0 Å². The molecule has 2 aromatic rings. The Hall–Kier alpha value is -2.74. The van der Waals surface area contributed by atoms with Crippen molar-refractivity contribution < 1.29 is 0 Å². The molecule has 1 heterocycles. The molecule has 0 aliphatic rings. The van der Waals surface area contributed by atoms with Gasteiger partial charge in [-0.3, -0.25) is 4.79 Å². The van der Waals surface area contributed by atoms with Crippen molar-refractivity contribution in [3.63, 3.8) is 0 Å². The molecular weight excluding hydrogens is 264 g/mol. The van der Waals surface area contributed by atoms with Crippen LogP contribution in [0.2, 0.25) is 0 Å². The van der Waals surface area contributed by atoms with E-state index in [1.54, 1.807) is 6.92 Å². The first-order valence-corrected chi connectivity index (χ1v) is 6.71. The topological polar surface area (TPSA) is 81.4 Å². The fourth-order valence-electron chi connectivity index (χ4n) is 2.03. The summed E-state index contributed by atoms with van der Waals surface area (Å²) < 4.78 is 0. The Balaban J connectivity index is 2.48. The van der Waals surface area contributed by atoms with E-state index in [0.29, 0.717) is 28.9 Å². The Kier molecular flexibility index (Phi) is 4.29. The highest BCUT2D eigenvalue weighted by Gasteiger charge is 2.13. The Bertz CT molecular complexity index is 780. The van der Waals surface area contributed by atoms with E-state index in [-0.39, 0.29) is 11.2 Å². The molecule has 0 spiro atoms. The Labute approximate surface area is 123 Å². The smallest absolute Gasteiger partial charge is 0.276 e. The van der Waals surface area contributed by atoms with Gasteiger partial charge in [0.2, 0.25) is 0 Å². The molecule has 0 bridgehead atoms. The zero-order chi connectivity index (χ0) is 15.4. The number of nitrogens with zero attached hydrogens (tertiary/aromatic N) is 3. The Morgan fingerprint density at radius 3 is 2.43 bits per heavy atom. The van der Waals surface area contributed by atoms with E-state index < -0.39 is 0 Å². The number of H-pyrrole nitrogens is 1. The lowest BCUT2D eigenvalue weighted by atomic mass is 10.1. The van der Waals surface area contributed by atoms with Crippen LogP contribution in [0.1, 0.15) is 29.3 Å². The summed E-state index contributed by atoms with van der Waals surface area (Å²) in [6.45, 7) is 5.59. The fraction of sp³-hybridized carbons (Fsp3) is 0.250. The lowest BCUT2D eigenvalue weighted by molar-refractivity contribution is 0.982. The van der Waals surface area contributed by atoms with Crippen LogP contribution in [0, 0.1) is 25.2 Å². The number of azo groups is 1. The van der Waals surface area contributed by atoms with Crippen LogP contribution in [0.25, 0.3) is 0 Å². The number of rotatable bonds is 3. The number of aromatic nitrogens is 1. The third-order valence-electron chi connectivity index (χ3n) is 3.28. The molecule has 0 fully saturated rings. The zero-order valence-corrected chi connectivity index (χ0v) is 12.3. The summed E-state index contributed by atoms with van der Waals surface area (Å²) in [6, 6.07) is 9.62. The minimum absolute atomic E-state index is 0.185. The second kappa shape index (κ2) is 6.14. The van der Waals surface area contributed by atoms with Gasteiger partial charge in [-0.2, -0.15) is 10.4 Å². The maximum atomic E-state index is 12.0. The minimum atomic E-state index is -0.320. The molecule has 0 radical (unpaired) electrons. The SMILES string of the molecule is CCc1[nH]c(=O)c(N=Nc2ccc(C)cc2)c(C)c1C#N. The molecule has 1 N–H and O–H groups in total. The second-order valence-electron chi connectivity index (χ2n) is 4.78. The van der Waals surface area contributed by atoms with E-state index in [1.165, 1.54) is 0 Å². The van der Waals surface area contributed by atoms with E-state index in [4.69, 9.17) is 0 Å². The monoisotopic (exact) mass is 280 g/mol. The number of hydrogen-bond donors (Lipinski definition) is 1. The van der Waals surface area contributed by atoms with E-state index in [2.05, 4.69) is 21.3 Å². The summed E-state index contributed by atoms with van der Waals surface area (Å²) in [6.07, 6.45) is 0.592. The average Bonchev–Trinajstić information content (AvgIpc) is 2.48. The molecule has 0 aliphatic heterocycles. The van der Waals surface area contributed by atoms with Crippen molar-refractivity contribution in [2.24, 2.45) is 10.2 Å². The average molecular weight is 280 g/mol. The number of pyridine rings is 1. The van der Waals surface area contributed by atoms with Gasteiger partial charge in [-0.15, -0.1) is 5.11 Å². The molecule has 1 aromatic heterocycles. The van der Waals surface area contributed by atoms with Crippen LogP contribution < -0.4 is 5.56 Å². The highest BCUT2D eigenvalue weighted by molar-refractivity contribution is 5.54. The fourth-order valence-corrected chi connectivity index (χ4v) is 2.03. The molecule has 21 heavy (non-hydrogen) atoms.